The molecule has 1 amide bonds. The molecule has 0 spiro atoms. The fourth-order valence-electron chi connectivity index (χ4n) is 2.12. The summed E-state index contributed by atoms with van der Waals surface area (Å²) >= 11 is 2.20. The number of carbonyl (C=O) groups excluding carboxylic acids is 2. The van der Waals surface area contributed by atoms with E-state index in [4.69, 9.17) is 4.74 Å². The first-order valence-corrected chi connectivity index (χ1v) is 7.94. The molecule has 0 fully saturated rings. The van der Waals surface area contributed by atoms with Gasteiger partial charge in [-0.3, -0.25) is 4.79 Å². The molecular formula is C17H15FINO3. The molecular weight excluding hydrogens is 412 g/mol. The summed E-state index contributed by atoms with van der Waals surface area (Å²) in [6.07, 6.45) is 0. The van der Waals surface area contributed by atoms with E-state index in [1.165, 1.54) is 18.2 Å². The molecule has 2 aromatic carbocycles. The quantitative estimate of drug-likeness (QED) is 0.596. The fraction of sp³-hybridized carbons (Fsp3) is 0.176. The van der Waals surface area contributed by atoms with E-state index in [1.54, 1.807) is 0 Å². The molecule has 0 aliphatic carbocycles. The maximum Gasteiger partial charge on any atom is 0.341 e. The maximum atomic E-state index is 13.5. The zero-order valence-electron chi connectivity index (χ0n) is 12.7. The van der Waals surface area contributed by atoms with Crippen molar-refractivity contribution in [2.24, 2.45) is 0 Å². The molecule has 23 heavy (non-hydrogen) atoms. The highest BCUT2D eigenvalue weighted by Crippen LogP contribution is 2.23. The Bertz CT molecular complexity index is 738. The van der Waals surface area contributed by atoms with Crippen molar-refractivity contribution in [3.8, 4) is 0 Å². The van der Waals surface area contributed by atoms with Crippen LogP contribution in [-0.4, -0.2) is 18.5 Å². The molecule has 4 nitrogen and oxygen atoms in total. The van der Waals surface area contributed by atoms with Gasteiger partial charge >= 0.3 is 5.97 Å². The molecule has 0 saturated carbocycles. The fourth-order valence-corrected chi connectivity index (χ4v) is 3.05. The van der Waals surface area contributed by atoms with Crippen molar-refractivity contribution < 1.29 is 18.7 Å². The second kappa shape index (κ2) is 7.54. The van der Waals surface area contributed by atoms with Crippen molar-refractivity contribution in [1.29, 1.82) is 0 Å². The Morgan fingerprint density at radius 2 is 1.78 bits per heavy atom. The van der Waals surface area contributed by atoms with Crippen LogP contribution in [0.5, 0.6) is 0 Å². The lowest BCUT2D eigenvalue weighted by molar-refractivity contribution is -0.119. The van der Waals surface area contributed by atoms with E-state index in [9.17, 15) is 14.0 Å². The van der Waals surface area contributed by atoms with Gasteiger partial charge in [-0.15, -0.1) is 0 Å². The summed E-state index contributed by atoms with van der Waals surface area (Å²) in [6.45, 7) is 3.30. The number of esters is 1. The smallest absolute Gasteiger partial charge is 0.341 e. The third kappa shape index (κ3) is 4.51. The number of rotatable bonds is 4. The van der Waals surface area contributed by atoms with E-state index in [0.717, 1.165) is 20.8 Å². The van der Waals surface area contributed by atoms with Crippen LogP contribution in [0, 0.1) is 23.2 Å². The largest absolute Gasteiger partial charge is 0.452 e. The second-order valence-electron chi connectivity index (χ2n) is 5.02. The molecule has 0 heterocycles. The Hall–Kier alpha value is -1.96. The van der Waals surface area contributed by atoms with Gasteiger partial charge in [-0.2, -0.15) is 0 Å². The predicted octanol–water partition coefficient (Wildman–Crippen LogP) is 3.84. The van der Waals surface area contributed by atoms with Crippen LogP contribution in [0.25, 0.3) is 0 Å². The molecule has 0 aliphatic rings. The van der Waals surface area contributed by atoms with Crippen molar-refractivity contribution >= 4 is 40.2 Å². The van der Waals surface area contributed by atoms with Crippen LogP contribution >= 0.6 is 22.6 Å². The van der Waals surface area contributed by atoms with Gasteiger partial charge in [-0.25, -0.2) is 9.18 Å². The van der Waals surface area contributed by atoms with Crippen LogP contribution < -0.4 is 5.32 Å². The lowest BCUT2D eigenvalue weighted by Crippen LogP contribution is -2.22. The number of ether oxygens (including phenoxy) is 1. The van der Waals surface area contributed by atoms with Gasteiger partial charge in [0, 0.05) is 9.26 Å². The molecule has 6 heteroatoms. The Balaban J connectivity index is 1.99. The molecule has 0 radical (unpaired) electrons. The van der Waals surface area contributed by atoms with E-state index in [-0.39, 0.29) is 5.56 Å². The summed E-state index contributed by atoms with van der Waals surface area (Å²) in [6, 6.07) is 9.35. The third-order valence-corrected chi connectivity index (χ3v) is 3.81. The molecule has 120 valence electrons. The number of benzene rings is 2. The van der Waals surface area contributed by atoms with Gasteiger partial charge in [0.1, 0.15) is 5.82 Å². The number of anilines is 1. The zero-order chi connectivity index (χ0) is 17.0. The molecule has 0 aliphatic heterocycles. The Kier molecular flexibility index (Phi) is 5.70. The Morgan fingerprint density at radius 3 is 2.39 bits per heavy atom. The molecule has 0 bridgehead atoms. The third-order valence-electron chi connectivity index (χ3n) is 3.19. The summed E-state index contributed by atoms with van der Waals surface area (Å²) in [5, 5.41) is 2.71. The Labute approximate surface area is 147 Å². The summed E-state index contributed by atoms with van der Waals surface area (Å²) in [7, 11) is 0. The average Bonchev–Trinajstić information content (AvgIpc) is 2.49. The number of carbonyl (C=O) groups is 2. The molecule has 0 atom stereocenters. The zero-order valence-corrected chi connectivity index (χ0v) is 14.8. The van der Waals surface area contributed by atoms with E-state index in [0.29, 0.717) is 5.69 Å². The van der Waals surface area contributed by atoms with E-state index in [2.05, 4.69) is 27.9 Å². The van der Waals surface area contributed by atoms with Crippen molar-refractivity contribution in [3.05, 3.63) is 62.5 Å². The van der Waals surface area contributed by atoms with Crippen molar-refractivity contribution in [3.63, 3.8) is 0 Å². The highest BCUT2D eigenvalue weighted by molar-refractivity contribution is 14.1. The molecule has 2 rings (SSSR count). The monoisotopic (exact) mass is 427 g/mol. The van der Waals surface area contributed by atoms with Gasteiger partial charge in [-0.05, 0) is 71.8 Å². The number of amides is 1. The van der Waals surface area contributed by atoms with Crippen LogP contribution in [0.4, 0.5) is 10.1 Å². The minimum Gasteiger partial charge on any atom is -0.452 e. The number of hydrogen-bond acceptors (Lipinski definition) is 3. The Morgan fingerprint density at radius 1 is 1.17 bits per heavy atom. The summed E-state index contributed by atoms with van der Waals surface area (Å²) in [5.41, 5.74) is 2.34. The van der Waals surface area contributed by atoms with Crippen molar-refractivity contribution in [1.82, 2.24) is 0 Å². The van der Waals surface area contributed by atoms with Gasteiger partial charge in [0.2, 0.25) is 0 Å². The van der Waals surface area contributed by atoms with Crippen LogP contribution in [0.15, 0.2) is 36.4 Å². The molecule has 0 saturated heterocycles. The summed E-state index contributed by atoms with van der Waals surface area (Å²) in [5.74, 6) is -2.02. The highest BCUT2D eigenvalue weighted by Gasteiger charge is 2.15. The van der Waals surface area contributed by atoms with E-state index >= 15 is 0 Å². The summed E-state index contributed by atoms with van der Waals surface area (Å²) in [4.78, 5) is 23.7. The minimum absolute atomic E-state index is 0.193. The van der Waals surface area contributed by atoms with Crippen LogP contribution in [0.1, 0.15) is 21.5 Å². The van der Waals surface area contributed by atoms with Crippen LogP contribution in [0.2, 0.25) is 0 Å². The van der Waals surface area contributed by atoms with Gasteiger partial charge in [0.15, 0.2) is 6.61 Å². The first-order chi connectivity index (χ1) is 10.9. The van der Waals surface area contributed by atoms with Crippen molar-refractivity contribution in [2.45, 2.75) is 13.8 Å². The number of hydrogen-bond donors (Lipinski definition) is 1. The normalized spacial score (nSPS) is 10.3. The number of nitrogens with one attached hydrogen (secondary N) is 1. The van der Waals surface area contributed by atoms with E-state index < -0.39 is 24.3 Å². The second-order valence-corrected chi connectivity index (χ2v) is 6.26. The number of halogens is 2. The van der Waals surface area contributed by atoms with Gasteiger partial charge in [0.25, 0.3) is 5.91 Å². The SMILES string of the molecule is Cc1cc(I)cc(C)c1NC(=O)COC(=O)c1ccccc1F. The van der Waals surface area contributed by atoms with Gasteiger partial charge in [0.05, 0.1) is 5.56 Å². The average molecular weight is 427 g/mol. The first kappa shape index (κ1) is 17.4. The van der Waals surface area contributed by atoms with Crippen LogP contribution in [-0.2, 0) is 9.53 Å². The van der Waals surface area contributed by atoms with Crippen LogP contribution in [0.3, 0.4) is 0 Å². The highest BCUT2D eigenvalue weighted by atomic mass is 127. The first-order valence-electron chi connectivity index (χ1n) is 6.86. The summed E-state index contributed by atoms with van der Waals surface area (Å²) < 4.78 is 19.4. The predicted molar refractivity (Wildman–Crippen MR) is 93.9 cm³/mol. The van der Waals surface area contributed by atoms with Gasteiger partial charge < -0.3 is 10.1 Å². The molecule has 1 N–H and O–H groups in total. The molecule has 0 aromatic heterocycles. The topological polar surface area (TPSA) is 55.4 Å². The molecule has 2 aromatic rings. The van der Waals surface area contributed by atoms with Crippen molar-refractivity contribution in [2.75, 3.05) is 11.9 Å². The van der Waals surface area contributed by atoms with E-state index in [1.807, 2.05) is 26.0 Å². The number of aryl methyl sites for hydroxylation is 2. The molecule has 0 unspecified atom stereocenters. The maximum absolute atomic E-state index is 13.5. The lowest BCUT2D eigenvalue weighted by atomic mass is 10.1. The standard InChI is InChI=1S/C17H15FINO3/c1-10-7-12(19)8-11(2)16(10)20-15(21)9-23-17(22)13-5-3-4-6-14(13)18/h3-8H,9H2,1-2H3,(H,20,21). The minimum atomic E-state index is -0.866. The lowest BCUT2D eigenvalue weighted by Gasteiger charge is -2.12. The van der Waals surface area contributed by atoms with Gasteiger partial charge in [-0.1, -0.05) is 12.1 Å².